The molecule has 1 fully saturated rings. The van der Waals surface area contributed by atoms with Gasteiger partial charge in [-0.25, -0.2) is 4.39 Å². The van der Waals surface area contributed by atoms with Gasteiger partial charge in [-0.2, -0.15) is 0 Å². The van der Waals surface area contributed by atoms with E-state index in [1.165, 1.54) is 17.7 Å². The summed E-state index contributed by atoms with van der Waals surface area (Å²) < 4.78 is 19.0. The van der Waals surface area contributed by atoms with E-state index in [2.05, 4.69) is 10.1 Å². The molecule has 1 atom stereocenters. The van der Waals surface area contributed by atoms with Crippen LogP contribution in [0.4, 0.5) is 4.39 Å². The summed E-state index contributed by atoms with van der Waals surface area (Å²) in [4.78, 5) is 21.9. The van der Waals surface area contributed by atoms with Gasteiger partial charge in [-0.05, 0) is 30.2 Å². The van der Waals surface area contributed by atoms with Crippen LogP contribution in [-0.2, 0) is 27.5 Å². The summed E-state index contributed by atoms with van der Waals surface area (Å²) in [6.45, 7) is 6.14. The van der Waals surface area contributed by atoms with Crippen molar-refractivity contribution in [2.45, 2.75) is 26.1 Å². The standard InChI is InChI=1S/C22H24FN3O3/c1-16-22(27)26(15-18-3-2-4-20(23)13-18)21(24-29-16)19-7-5-17(6-8-19)14-25-9-11-28-12-10-25/h2-8,13,16H,9-12,14-15H2,1H3. The number of amides is 1. The van der Waals surface area contributed by atoms with Crippen LogP contribution in [0.15, 0.2) is 53.7 Å². The van der Waals surface area contributed by atoms with Crippen molar-refractivity contribution in [1.82, 2.24) is 9.80 Å². The summed E-state index contributed by atoms with van der Waals surface area (Å²) >= 11 is 0. The van der Waals surface area contributed by atoms with Crippen LogP contribution in [0.1, 0.15) is 23.6 Å². The Kier molecular flexibility index (Phi) is 5.87. The first-order chi connectivity index (χ1) is 14.1. The lowest BCUT2D eigenvalue weighted by molar-refractivity contribution is -0.142. The summed E-state index contributed by atoms with van der Waals surface area (Å²) in [5, 5.41) is 4.18. The van der Waals surface area contributed by atoms with Crippen LogP contribution >= 0.6 is 0 Å². The number of amidine groups is 1. The van der Waals surface area contributed by atoms with Crippen molar-refractivity contribution in [3.05, 3.63) is 71.0 Å². The lowest BCUT2D eigenvalue weighted by Gasteiger charge is -2.30. The molecule has 0 aliphatic carbocycles. The van der Waals surface area contributed by atoms with Crippen LogP contribution in [0.2, 0.25) is 0 Å². The molecule has 0 N–H and O–H groups in total. The van der Waals surface area contributed by atoms with E-state index in [0.29, 0.717) is 11.4 Å². The molecule has 2 aromatic rings. The Hall–Kier alpha value is -2.77. The average molecular weight is 397 g/mol. The molecule has 1 saturated heterocycles. The minimum atomic E-state index is -0.673. The number of oxime groups is 1. The zero-order chi connectivity index (χ0) is 20.2. The van der Waals surface area contributed by atoms with Gasteiger partial charge in [0, 0.05) is 25.2 Å². The molecule has 152 valence electrons. The van der Waals surface area contributed by atoms with E-state index in [9.17, 15) is 9.18 Å². The highest BCUT2D eigenvalue weighted by molar-refractivity contribution is 6.09. The molecule has 0 radical (unpaired) electrons. The molecule has 2 aliphatic rings. The van der Waals surface area contributed by atoms with Gasteiger partial charge < -0.3 is 9.57 Å². The normalized spacial score (nSPS) is 20.3. The zero-order valence-corrected chi connectivity index (χ0v) is 16.4. The summed E-state index contributed by atoms with van der Waals surface area (Å²) in [7, 11) is 0. The molecular weight excluding hydrogens is 373 g/mol. The highest BCUT2D eigenvalue weighted by Crippen LogP contribution is 2.19. The number of carbonyl (C=O) groups is 1. The van der Waals surface area contributed by atoms with E-state index >= 15 is 0 Å². The second-order valence-electron chi connectivity index (χ2n) is 7.30. The number of morpholine rings is 1. The minimum absolute atomic E-state index is 0.198. The van der Waals surface area contributed by atoms with Crippen LogP contribution in [0.3, 0.4) is 0 Å². The molecular formula is C22H24FN3O3. The Morgan fingerprint density at radius 2 is 1.83 bits per heavy atom. The fourth-order valence-corrected chi connectivity index (χ4v) is 3.50. The third-order valence-electron chi connectivity index (χ3n) is 5.12. The fraction of sp³-hybridized carbons (Fsp3) is 0.364. The number of hydrogen-bond acceptors (Lipinski definition) is 5. The highest BCUT2D eigenvalue weighted by Gasteiger charge is 2.32. The first kappa shape index (κ1) is 19.5. The van der Waals surface area contributed by atoms with E-state index in [1.807, 2.05) is 24.3 Å². The van der Waals surface area contributed by atoms with Crippen molar-refractivity contribution in [2.75, 3.05) is 26.3 Å². The van der Waals surface area contributed by atoms with Gasteiger partial charge in [-0.3, -0.25) is 14.6 Å². The van der Waals surface area contributed by atoms with Crippen molar-refractivity contribution in [1.29, 1.82) is 0 Å². The molecule has 0 aromatic heterocycles. The Morgan fingerprint density at radius 1 is 1.07 bits per heavy atom. The molecule has 0 bridgehead atoms. The van der Waals surface area contributed by atoms with Crippen molar-refractivity contribution >= 4 is 11.7 Å². The lowest BCUT2D eigenvalue weighted by atomic mass is 10.1. The second-order valence-corrected chi connectivity index (χ2v) is 7.30. The quantitative estimate of drug-likeness (QED) is 0.779. The van der Waals surface area contributed by atoms with Gasteiger partial charge >= 0.3 is 0 Å². The van der Waals surface area contributed by atoms with E-state index in [4.69, 9.17) is 9.57 Å². The third-order valence-corrected chi connectivity index (χ3v) is 5.12. The van der Waals surface area contributed by atoms with Gasteiger partial charge in [0.2, 0.25) is 6.10 Å². The largest absolute Gasteiger partial charge is 0.381 e. The molecule has 4 rings (SSSR count). The van der Waals surface area contributed by atoms with Gasteiger partial charge in [-0.15, -0.1) is 0 Å². The number of ether oxygens (including phenoxy) is 1. The number of halogens is 1. The Balaban J connectivity index is 1.53. The average Bonchev–Trinajstić information content (AvgIpc) is 2.73. The predicted octanol–water partition coefficient (Wildman–Crippen LogP) is 2.77. The molecule has 1 unspecified atom stereocenters. The van der Waals surface area contributed by atoms with Crippen LogP contribution in [0.25, 0.3) is 0 Å². The Bertz CT molecular complexity index is 894. The SMILES string of the molecule is CC1ON=C(c2ccc(CN3CCOCC3)cc2)N(Cc2cccc(F)c2)C1=O. The number of rotatable bonds is 5. The van der Waals surface area contributed by atoms with Crippen LogP contribution in [-0.4, -0.2) is 53.9 Å². The van der Waals surface area contributed by atoms with Gasteiger partial charge in [0.15, 0.2) is 5.84 Å². The van der Waals surface area contributed by atoms with E-state index in [1.54, 1.807) is 24.0 Å². The van der Waals surface area contributed by atoms with Crippen molar-refractivity contribution < 1.29 is 18.8 Å². The second kappa shape index (κ2) is 8.71. The molecule has 29 heavy (non-hydrogen) atoms. The maximum atomic E-state index is 13.6. The van der Waals surface area contributed by atoms with Crippen LogP contribution < -0.4 is 0 Å². The molecule has 6 nitrogen and oxygen atoms in total. The fourth-order valence-electron chi connectivity index (χ4n) is 3.50. The summed E-state index contributed by atoms with van der Waals surface area (Å²) in [5.41, 5.74) is 2.67. The van der Waals surface area contributed by atoms with Crippen LogP contribution in [0, 0.1) is 5.82 Å². The Morgan fingerprint density at radius 3 is 2.55 bits per heavy atom. The van der Waals surface area contributed by atoms with E-state index in [0.717, 1.165) is 38.4 Å². The monoisotopic (exact) mass is 397 g/mol. The Labute approximate surface area is 169 Å². The zero-order valence-electron chi connectivity index (χ0n) is 16.4. The van der Waals surface area contributed by atoms with Crippen molar-refractivity contribution in [2.24, 2.45) is 5.16 Å². The van der Waals surface area contributed by atoms with Gasteiger partial charge in [0.25, 0.3) is 5.91 Å². The minimum Gasteiger partial charge on any atom is -0.381 e. The van der Waals surface area contributed by atoms with E-state index in [-0.39, 0.29) is 18.3 Å². The smallest absolute Gasteiger partial charge is 0.272 e. The van der Waals surface area contributed by atoms with Gasteiger partial charge in [0.1, 0.15) is 5.82 Å². The van der Waals surface area contributed by atoms with E-state index < -0.39 is 6.10 Å². The predicted molar refractivity (Wildman–Crippen MR) is 107 cm³/mol. The third kappa shape index (κ3) is 4.63. The van der Waals surface area contributed by atoms with Gasteiger partial charge in [-0.1, -0.05) is 41.6 Å². The molecule has 2 aliphatic heterocycles. The van der Waals surface area contributed by atoms with Crippen molar-refractivity contribution in [3.8, 4) is 0 Å². The highest BCUT2D eigenvalue weighted by atomic mass is 19.1. The topological polar surface area (TPSA) is 54.4 Å². The first-order valence-corrected chi connectivity index (χ1v) is 9.79. The molecule has 2 aromatic carbocycles. The molecule has 1 amide bonds. The summed E-state index contributed by atoms with van der Waals surface area (Å²) in [6.07, 6.45) is -0.673. The molecule has 0 spiro atoms. The first-order valence-electron chi connectivity index (χ1n) is 9.79. The number of hydrogen-bond donors (Lipinski definition) is 0. The number of benzene rings is 2. The maximum absolute atomic E-state index is 13.6. The summed E-state index contributed by atoms with van der Waals surface area (Å²) in [6, 6.07) is 14.2. The lowest BCUT2D eigenvalue weighted by Crippen LogP contribution is -2.46. The molecule has 7 heteroatoms. The van der Waals surface area contributed by atoms with Crippen molar-refractivity contribution in [3.63, 3.8) is 0 Å². The maximum Gasteiger partial charge on any atom is 0.272 e. The number of carbonyl (C=O) groups excluding carboxylic acids is 1. The molecule has 0 saturated carbocycles. The molecule has 2 heterocycles. The number of nitrogens with zero attached hydrogens (tertiary/aromatic N) is 3. The van der Waals surface area contributed by atoms with Gasteiger partial charge in [0.05, 0.1) is 19.8 Å². The van der Waals surface area contributed by atoms with Crippen LogP contribution in [0.5, 0.6) is 0 Å². The summed E-state index contributed by atoms with van der Waals surface area (Å²) in [5.74, 6) is -0.0888.